The number of nitrogens with zero attached hydrogens (tertiary/aromatic N) is 2. The Labute approximate surface area is 150 Å². The van der Waals surface area contributed by atoms with Crippen LogP contribution < -0.4 is 10.2 Å². The molecule has 1 saturated heterocycles. The Morgan fingerprint density at radius 1 is 0.960 bits per heavy atom. The molecule has 1 aliphatic rings. The summed E-state index contributed by atoms with van der Waals surface area (Å²) < 4.78 is 0. The van der Waals surface area contributed by atoms with Crippen LogP contribution in [0.1, 0.15) is 16.7 Å². The Morgan fingerprint density at radius 3 is 2.16 bits per heavy atom. The molecule has 0 aliphatic carbocycles. The van der Waals surface area contributed by atoms with Gasteiger partial charge in [0.25, 0.3) is 0 Å². The van der Waals surface area contributed by atoms with Gasteiger partial charge in [0.1, 0.15) is 0 Å². The van der Waals surface area contributed by atoms with Gasteiger partial charge in [0.05, 0.1) is 6.54 Å². The summed E-state index contributed by atoms with van der Waals surface area (Å²) in [6, 6.07) is 14.7. The third-order valence-corrected chi connectivity index (χ3v) is 4.80. The topological polar surface area (TPSA) is 35.6 Å². The fourth-order valence-electron chi connectivity index (χ4n) is 3.56. The molecular weight excluding hydrogens is 310 g/mol. The second kappa shape index (κ2) is 7.70. The lowest BCUT2D eigenvalue weighted by molar-refractivity contribution is -0.117. The van der Waals surface area contributed by atoms with Crippen molar-refractivity contribution in [3.8, 4) is 0 Å². The summed E-state index contributed by atoms with van der Waals surface area (Å²) in [6.07, 6.45) is 0. The van der Waals surface area contributed by atoms with Crippen LogP contribution in [0.25, 0.3) is 0 Å². The van der Waals surface area contributed by atoms with Crippen molar-refractivity contribution in [2.45, 2.75) is 20.8 Å². The van der Waals surface area contributed by atoms with Gasteiger partial charge in [-0.25, -0.2) is 0 Å². The maximum atomic E-state index is 12.5. The van der Waals surface area contributed by atoms with Gasteiger partial charge in [-0.2, -0.15) is 0 Å². The van der Waals surface area contributed by atoms with E-state index < -0.39 is 0 Å². The highest BCUT2D eigenvalue weighted by atomic mass is 16.2. The van der Waals surface area contributed by atoms with Crippen LogP contribution in [-0.2, 0) is 4.79 Å². The summed E-state index contributed by atoms with van der Waals surface area (Å²) in [5, 5.41) is 3.10. The maximum Gasteiger partial charge on any atom is 0.238 e. The van der Waals surface area contributed by atoms with Crippen molar-refractivity contribution in [2.24, 2.45) is 0 Å². The highest BCUT2D eigenvalue weighted by molar-refractivity contribution is 5.93. The molecule has 3 rings (SSSR count). The summed E-state index contributed by atoms with van der Waals surface area (Å²) >= 11 is 0. The van der Waals surface area contributed by atoms with Crippen LogP contribution in [0.15, 0.2) is 42.5 Å². The van der Waals surface area contributed by atoms with Crippen molar-refractivity contribution < 1.29 is 4.79 Å². The summed E-state index contributed by atoms with van der Waals surface area (Å²) in [5.41, 5.74) is 5.69. The molecular formula is C21H27N3O. The molecule has 25 heavy (non-hydrogen) atoms. The highest BCUT2D eigenvalue weighted by Gasteiger charge is 2.19. The van der Waals surface area contributed by atoms with Crippen LogP contribution in [0.2, 0.25) is 0 Å². The number of anilines is 2. The van der Waals surface area contributed by atoms with Gasteiger partial charge in [-0.1, -0.05) is 35.9 Å². The van der Waals surface area contributed by atoms with Crippen molar-refractivity contribution in [2.75, 3.05) is 42.9 Å². The number of hydrogen-bond donors (Lipinski definition) is 1. The monoisotopic (exact) mass is 337 g/mol. The lowest BCUT2D eigenvalue weighted by Gasteiger charge is -2.35. The first-order chi connectivity index (χ1) is 12.0. The third-order valence-electron chi connectivity index (χ3n) is 4.80. The summed E-state index contributed by atoms with van der Waals surface area (Å²) in [4.78, 5) is 17.1. The number of aryl methyl sites for hydroxylation is 3. The standard InChI is InChI=1S/C21H27N3O/c1-16-13-17(2)21(18(3)14-16)22-20(25)15-23-9-11-24(12-10-23)19-7-5-4-6-8-19/h4-8,13-14H,9-12,15H2,1-3H3,(H,22,25). The van der Waals surface area contributed by atoms with Gasteiger partial charge in [-0.3, -0.25) is 9.69 Å². The predicted molar refractivity (Wildman–Crippen MR) is 104 cm³/mol. The molecule has 0 bridgehead atoms. The number of carbonyl (C=O) groups excluding carboxylic acids is 1. The molecule has 1 aliphatic heterocycles. The van der Waals surface area contributed by atoms with Gasteiger partial charge in [-0.15, -0.1) is 0 Å². The van der Waals surface area contributed by atoms with Crippen molar-refractivity contribution in [3.63, 3.8) is 0 Å². The first-order valence-corrected chi connectivity index (χ1v) is 8.93. The third kappa shape index (κ3) is 4.40. The minimum Gasteiger partial charge on any atom is -0.369 e. The van der Waals surface area contributed by atoms with Crippen LogP contribution >= 0.6 is 0 Å². The second-order valence-corrected chi connectivity index (χ2v) is 6.92. The van der Waals surface area contributed by atoms with Crippen LogP contribution in [0.3, 0.4) is 0 Å². The van der Waals surface area contributed by atoms with Crippen LogP contribution in [0.4, 0.5) is 11.4 Å². The second-order valence-electron chi connectivity index (χ2n) is 6.92. The average molecular weight is 337 g/mol. The van der Waals surface area contributed by atoms with E-state index in [1.165, 1.54) is 11.3 Å². The SMILES string of the molecule is Cc1cc(C)c(NC(=O)CN2CCN(c3ccccc3)CC2)c(C)c1. The lowest BCUT2D eigenvalue weighted by Crippen LogP contribution is -2.48. The smallest absolute Gasteiger partial charge is 0.238 e. The Morgan fingerprint density at radius 2 is 1.56 bits per heavy atom. The van der Waals surface area contributed by atoms with Crippen molar-refractivity contribution in [1.82, 2.24) is 4.90 Å². The predicted octanol–water partition coefficient (Wildman–Crippen LogP) is 3.37. The zero-order valence-electron chi connectivity index (χ0n) is 15.4. The van der Waals surface area contributed by atoms with Gasteiger partial charge >= 0.3 is 0 Å². The number of piperazine rings is 1. The molecule has 132 valence electrons. The molecule has 0 aromatic heterocycles. The first kappa shape index (κ1) is 17.5. The van der Waals surface area contributed by atoms with E-state index in [0.717, 1.165) is 43.0 Å². The highest BCUT2D eigenvalue weighted by Crippen LogP contribution is 2.22. The van der Waals surface area contributed by atoms with Gasteiger partial charge in [-0.05, 0) is 44.0 Å². The van der Waals surface area contributed by atoms with Gasteiger partial charge in [0.15, 0.2) is 0 Å². The van der Waals surface area contributed by atoms with E-state index in [-0.39, 0.29) is 5.91 Å². The van der Waals surface area contributed by atoms with E-state index in [0.29, 0.717) is 6.54 Å². The van der Waals surface area contributed by atoms with E-state index in [9.17, 15) is 4.79 Å². The average Bonchev–Trinajstić information content (AvgIpc) is 2.59. The van der Waals surface area contributed by atoms with Crippen molar-refractivity contribution >= 4 is 17.3 Å². The number of rotatable bonds is 4. The van der Waals surface area contributed by atoms with E-state index in [4.69, 9.17) is 0 Å². The number of carbonyl (C=O) groups is 1. The van der Waals surface area contributed by atoms with Crippen LogP contribution in [0, 0.1) is 20.8 Å². The van der Waals surface area contributed by atoms with Gasteiger partial charge < -0.3 is 10.2 Å². The Balaban J connectivity index is 1.53. The normalized spacial score (nSPS) is 15.2. The minimum atomic E-state index is 0.0724. The number of amides is 1. The van der Waals surface area contributed by atoms with E-state index in [1.54, 1.807) is 0 Å². The molecule has 2 aromatic rings. The lowest BCUT2D eigenvalue weighted by atomic mass is 10.1. The molecule has 4 heteroatoms. The number of nitrogens with one attached hydrogen (secondary N) is 1. The largest absolute Gasteiger partial charge is 0.369 e. The molecule has 1 amide bonds. The van der Waals surface area contributed by atoms with Gasteiger partial charge in [0, 0.05) is 37.6 Å². The fourth-order valence-corrected chi connectivity index (χ4v) is 3.56. The minimum absolute atomic E-state index is 0.0724. The molecule has 1 heterocycles. The van der Waals surface area contributed by atoms with Crippen LogP contribution in [0.5, 0.6) is 0 Å². The molecule has 0 saturated carbocycles. The first-order valence-electron chi connectivity index (χ1n) is 8.93. The fraction of sp³-hybridized carbons (Fsp3) is 0.381. The Bertz CT molecular complexity index is 711. The van der Waals surface area contributed by atoms with E-state index >= 15 is 0 Å². The maximum absolute atomic E-state index is 12.5. The van der Waals surface area contributed by atoms with E-state index in [2.05, 4.69) is 58.4 Å². The molecule has 0 atom stereocenters. The number of hydrogen-bond acceptors (Lipinski definition) is 3. The molecule has 0 unspecified atom stereocenters. The summed E-state index contributed by atoms with van der Waals surface area (Å²) in [5.74, 6) is 0.0724. The Kier molecular flexibility index (Phi) is 5.39. The quantitative estimate of drug-likeness (QED) is 0.929. The number of benzene rings is 2. The van der Waals surface area contributed by atoms with Crippen molar-refractivity contribution in [1.29, 1.82) is 0 Å². The van der Waals surface area contributed by atoms with Crippen molar-refractivity contribution in [3.05, 3.63) is 59.2 Å². The zero-order valence-corrected chi connectivity index (χ0v) is 15.4. The molecule has 1 N–H and O–H groups in total. The molecule has 0 spiro atoms. The van der Waals surface area contributed by atoms with E-state index in [1.807, 2.05) is 19.9 Å². The molecule has 2 aromatic carbocycles. The molecule has 4 nitrogen and oxygen atoms in total. The molecule has 0 radical (unpaired) electrons. The zero-order chi connectivity index (χ0) is 17.8. The van der Waals surface area contributed by atoms with Gasteiger partial charge in [0.2, 0.25) is 5.91 Å². The summed E-state index contributed by atoms with van der Waals surface area (Å²) in [6.45, 7) is 10.4. The van der Waals surface area contributed by atoms with Crippen LogP contribution in [-0.4, -0.2) is 43.5 Å². The summed E-state index contributed by atoms with van der Waals surface area (Å²) in [7, 11) is 0. The Hall–Kier alpha value is -2.33. The molecule has 1 fully saturated rings. The number of para-hydroxylation sites is 1.